The summed E-state index contributed by atoms with van der Waals surface area (Å²) < 4.78 is 5.81. The molecule has 0 radical (unpaired) electrons. The zero-order chi connectivity index (χ0) is 15.4. The van der Waals surface area contributed by atoms with E-state index in [0.717, 1.165) is 45.0 Å². The quantitative estimate of drug-likeness (QED) is 0.886. The third kappa shape index (κ3) is 3.71. The number of rotatable bonds is 5. The third-order valence-electron chi connectivity index (χ3n) is 5.17. The molecule has 0 aromatic carbocycles. The number of nitrogens with one attached hydrogen (secondary N) is 1. The van der Waals surface area contributed by atoms with Gasteiger partial charge in [-0.3, -0.25) is 9.80 Å². The van der Waals surface area contributed by atoms with Crippen LogP contribution in [-0.4, -0.2) is 80.1 Å². The van der Waals surface area contributed by atoms with Gasteiger partial charge in [-0.2, -0.15) is 0 Å². The van der Waals surface area contributed by atoms with Crippen LogP contribution in [0.15, 0.2) is 22.8 Å². The molecule has 3 rings (SSSR count). The van der Waals surface area contributed by atoms with Crippen LogP contribution in [0.1, 0.15) is 25.1 Å². The van der Waals surface area contributed by atoms with Crippen molar-refractivity contribution in [2.24, 2.45) is 0 Å². The molecule has 1 aromatic heterocycles. The van der Waals surface area contributed by atoms with E-state index in [0.29, 0.717) is 12.1 Å². The van der Waals surface area contributed by atoms with Crippen molar-refractivity contribution in [3.05, 3.63) is 24.2 Å². The number of nitrogens with zero attached hydrogens (tertiary/aromatic N) is 3. The lowest BCUT2D eigenvalue weighted by molar-refractivity contribution is 0.0490. The molecule has 1 aromatic rings. The Hall–Kier alpha value is -0.880. The number of furan rings is 1. The predicted octanol–water partition coefficient (Wildman–Crippen LogP) is 1.25. The summed E-state index contributed by atoms with van der Waals surface area (Å²) >= 11 is 0. The van der Waals surface area contributed by atoms with E-state index in [1.165, 1.54) is 19.5 Å². The van der Waals surface area contributed by atoms with Gasteiger partial charge in [-0.1, -0.05) is 6.92 Å². The standard InChI is InChI=1S/C17H30N4O/c1-3-15-13-18-6-7-21(15)16(17-5-4-12-22-17)14-20-10-8-19(2)9-11-20/h4-5,12,15-16,18H,3,6-11,13-14H2,1-2H3. The van der Waals surface area contributed by atoms with Crippen LogP contribution < -0.4 is 5.32 Å². The van der Waals surface area contributed by atoms with E-state index in [2.05, 4.69) is 40.1 Å². The van der Waals surface area contributed by atoms with E-state index in [1.807, 2.05) is 12.3 Å². The van der Waals surface area contributed by atoms with E-state index >= 15 is 0 Å². The number of hydrogen-bond donors (Lipinski definition) is 1. The van der Waals surface area contributed by atoms with Gasteiger partial charge in [0.15, 0.2) is 0 Å². The van der Waals surface area contributed by atoms with Gasteiger partial charge in [-0.25, -0.2) is 0 Å². The number of piperazine rings is 2. The maximum absolute atomic E-state index is 5.81. The van der Waals surface area contributed by atoms with Crippen LogP contribution in [0, 0.1) is 0 Å². The second-order valence-electron chi connectivity index (χ2n) is 6.64. The first kappa shape index (κ1) is 16.0. The first-order valence-corrected chi connectivity index (χ1v) is 8.68. The summed E-state index contributed by atoms with van der Waals surface area (Å²) in [4.78, 5) is 7.67. The fourth-order valence-corrected chi connectivity index (χ4v) is 3.68. The molecule has 0 saturated carbocycles. The lowest BCUT2D eigenvalue weighted by Crippen LogP contribution is -2.55. The van der Waals surface area contributed by atoms with Gasteiger partial charge >= 0.3 is 0 Å². The molecule has 5 nitrogen and oxygen atoms in total. The van der Waals surface area contributed by atoms with E-state index < -0.39 is 0 Å². The minimum Gasteiger partial charge on any atom is -0.468 e. The van der Waals surface area contributed by atoms with Crippen LogP contribution in [0.3, 0.4) is 0 Å². The minimum atomic E-state index is 0.380. The summed E-state index contributed by atoms with van der Waals surface area (Å²) in [5, 5.41) is 3.53. The Labute approximate surface area is 134 Å². The van der Waals surface area contributed by atoms with Gasteiger partial charge < -0.3 is 14.6 Å². The van der Waals surface area contributed by atoms with Crippen LogP contribution in [0.4, 0.5) is 0 Å². The van der Waals surface area contributed by atoms with Crippen molar-refractivity contribution in [2.75, 3.05) is 59.4 Å². The molecule has 2 saturated heterocycles. The molecule has 124 valence electrons. The van der Waals surface area contributed by atoms with Crippen molar-refractivity contribution in [3.63, 3.8) is 0 Å². The SMILES string of the molecule is CCC1CNCCN1C(CN1CCN(C)CC1)c1ccco1. The molecular formula is C17H30N4O. The van der Waals surface area contributed by atoms with Crippen molar-refractivity contribution < 1.29 is 4.42 Å². The highest BCUT2D eigenvalue weighted by atomic mass is 16.3. The Balaban J connectivity index is 1.72. The Morgan fingerprint density at radius 1 is 1.27 bits per heavy atom. The lowest BCUT2D eigenvalue weighted by atomic mass is 10.0. The zero-order valence-electron chi connectivity index (χ0n) is 14.0. The molecule has 2 aliphatic rings. The molecular weight excluding hydrogens is 276 g/mol. The summed E-state index contributed by atoms with van der Waals surface area (Å²) in [6.45, 7) is 11.3. The van der Waals surface area contributed by atoms with Gasteiger partial charge in [-0.15, -0.1) is 0 Å². The van der Waals surface area contributed by atoms with Crippen molar-refractivity contribution in [2.45, 2.75) is 25.4 Å². The summed E-state index contributed by atoms with van der Waals surface area (Å²) in [6, 6.07) is 5.16. The van der Waals surface area contributed by atoms with Gasteiger partial charge in [0.05, 0.1) is 12.3 Å². The fourth-order valence-electron chi connectivity index (χ4n) is 3.68. The molecule has 0 bridgehead atoms. The highest BCUT2D eigenvalue weighted by molar-refractivity contribution is 5.07. The molecule has 22 heavy (non-hydrogen) atoms. The maximum Gasteiger partial charge on any atom is 0.122 e. The Morgan fingerprint density at radius 2 is 2.09 bits per heavy atom. The van der Waals surface area contributed by atoms with Gasteiger partial charge in [0.2, 0.25) is 0 Å². The number of likely N-dealkylation sites (N-methyl/N-ethyl adjacent to an activating group) is 1. The van der Waals surface area contributed by atoms with Gasteiger partial charge in [0.25, 0.3) is 0 Å². The molecule has 2 unspecified atom stereocenters. The molecule has 2 fully saturated rings. The molecule has 0 aliphatic carbocycles. The van der Waals surface area contributed by atoms with Crippen molar-refractivity contribution in [3.8, 4) is 0 Å². The summed E-state index contributed by atoms with van der Waals surface area (Å²) in [6.07, 6.45) is 3.00. The molecule has 3 heterocycles. The van der Waals surface area contributed by atoms with Gasteiger partial charge in [0.1, 0.15) is 5.76 Å². The molecule has 1 N–H and O–H groups in total. The monoisotopic (exact) mass is 306 g/mol. The Morgan fingerprint density at radius 3 is 2.77 bits per heavy atom. The second-order valence-corrected chi connectivity index (χ2v) is 6.64. The predicted molar refractivity (Wildman–Crippen MR) is 89.0 cm³/mol. The van der Waals surface area contributed by atoms with Crippen molar-refractivity contribution in [1.29, 1.82) is 0 Å². The van der Waals surface area contributed by atoms with E-state index in [-0.39, 0.29) is 0 Å². The molecule has 0 amide bonds. The highest BCUT2D eigenvalue weighted by Gasteiger charge is 2.32. The van der Waals surface area contributed by atoms with Crippen LogP contribution in [-0.2, 0) is 0 Å². The van der Waals surface area contributed by atoms with Crippen LogP contribution in [0.5, 0.6) is 0 Å². The topological polar surface area (TPSA) is 34.9 Å². The Bertz CT molecular complexity index is 428. The lowest BCUT2D eigenvalue weighted by Gasteiger charge is -2.43. The van der Waals surface area contributed by atoms with Crippen molar-refractivity contribution >= 4 is 0 Å². The van der Waals surface area contributed by atoms with E-state index in [9.17, 15) is 0 Å². The highest BCUT2D eigenvalue weighted by Crippen LogP contribution is 2.27. The van der Waals surface area contributed by atoms with Crippen LogP contribution in [0.25, 0.3) is 0 Å². The fraction of sp³-hybridized carbons (Fsp3) is 0.765. The van der Waals surface area contributed by atoms with Crippen molar-refractivity contribution in [1.82, 2.24) is 20.0 Å². The summed E-state index contributed by atoms with van der Waals surface area (Å²) in [5.41, 5.74) is 0. The average Bonchev–Trinajstić information content (AvgIpc) is 3.08. The first-order chi connectivity index (χ1) is 10.8. The average molecular weight is 306 g/mol. The van der Waals surface area contributed by atoms with Crippen LogP contribution >= 0.6 is 0 Å². The van der Waals surface area contributed by atoms with Gasteiger partial charge in [-0.05, 0) is 25.6 Å². The second kappa shape index (κ2) is 7.59. The molecule has 2 aliphatic heterocycles. The first-order valence-electron chi connectivity index (χ1n) is 8.68. The molecule has 0 spiro atoms. The summed E-state index contributed by atoms with van der Waals surface area (Å²) in [7, 11) is 2.21. The smallest absolute Gasteiger partial charge is 0.122 e. The molecule has 5 heteroatoms. The molecule has 2 atom stereocenters. The third-order valence-corrected chi connectivity index (χ3v) is 5.17. The van der Waals surface area contributed by atoms with Gasteiger partial charge in [0, 0.05) is 58.4 Å². The van der Waals surface area contributed by atoms with E-state index in [1.54, 1.807) is 0 Å². The van der Waals surface area contributed by atoms with Crippen LogP contribution in [0.2, 0.25) is 0 Å². The number of hydrogen-bond acceptors (Lipinski definition) is 5. The largest absolute Gasteiger partial charge is 0.468 e. The minimum absolute atomic E-state index is 0.380. The Kier molecular flexibility index (Phi) is 5.52. The normalized spacial score (nSPS) is 27.1. The summed E-state index contributed by atoms with van der Waals surface area (Å²) in [5.74, 6) is 1.12. The maximum atomic E-state index is 5.81. The zero-order valence-corrected chi connectivity index (χ0v) is 14.0. The van der Waals surface area contributed by atoms with E-state index in [4.69, 9.17) is 4.42 Å².